The molecule has 1 unspecified atom stereocenters. The maximum atomic E-state index is 10.0. The number of ether oxygens (including phenoxy) is 2. The lowest BCUT2D eigenvalue weighted by Gasteiger charge is -2.14. The van der Waals surface area contributed by atoms with Gasteiger partial charge in [0.1, 0.15) is 17.2 Å². The lowest BCUT2D eigenvalue weighted by Crippen LogP contribution is -2.19. The highest BCUT2D eigenvalue weighted by atomic mass is 16.5. The van der Waals surface area contributed by atoms with Crippen molar-refractivity contribution in [1.29, 1.82) is 0 Å². The van der Waals surface area contributed by atoms with Crippen LogP contribution >= 0.6 is 0 Å². The number of pyridine rings is 1. The smallest absolute Gasteiger partial charge is 0.161 e. The minimum Gasteiger partial charge on any atom is -0.504 e. The Morgan fingerprint density at radius 1 is 1.37 bits per heavy atom. The quantitative estimate of drug-likeness (QED) is 0.689. The molecule has 0 amide bonds. The number of phenolic OH excluding ortho intramolecular Hbond substituents is 1. The zero-order chi connectivity index (χ0) is 18.8. The standard InChI is InChI=1S/C21H25N3O3/c1-3-26-18-12-15(8-9-17(18)25)19-21(22-13-16-7-5-11-27-16)24-10-4-6-14(2)20(24)23-19/h4,6,8-10,12,16,22,25H,3,5,7,11,13H2,1-2H3. The summed E-state index contributed by atoms with van der Waals surface area (Å²) in [5.74, 6) is 1.53. The van der Waals surface area contributed by atoms with Crippen LogP contribution in [-0.2, 0) is 4.74 Å². The van der Waals surface area contributed by atoms with E-state index in [1.54, 1.807) is 6.07 Å². The third kappa shape index (κ3) is 3.45. The van der Waals surface area contributed by atoms with Crippen molar-refractivity contribution in [2.75, 3.05) is 25.1 Å². The van der Waals surface area contributed by atoms with Gasteiger partial charge >= 0.3 is 0 Å². The number of nitrogens with one attached hydrogen (secondary N) is 1. The van der Waals surface area contributed by atoms with E-state index in [-0.39, 0.29) is 11.9 Å². The zero-order valence-corrected chi connectivity index (χ0v) is 15.7. The van der Waals surface area contributed by atoms with Gasteiger partial charge in [0, 0.05) is 24.9 Å². The SMILES string of the molecule is CCOc1cc(-c2nc3c(C)cccn3c2NCC2CCCO2)ccc1O. The van der Waals surface area contributed by atoms with Gasteiger partial charge in [0.15, 0.2) is 11.5 Å². The summed E-state index contributed by atoms with van der Waals surface area (Å²) >= 11 is 0. The van der Waals surface area contributed by atoms with Crippen LogP contribution in [0, 0.1) is 6.92 Å². The van der Waals surface area contributed by atoms with Crippen molar-refractivity contribution < 1.29 is 14.6 Å². The zero-order valence-electron chi connectivity index (χ0n) is 15.7. The molecular formula is C21H25N3O3. The predicted octanol–water partition coefficient (Wildman–Crippen LogP) is 4.00. The lowest BCUT2D eigenvalue weighted by molar-refractivity contribution is 0.120. The van der Waals surface area contributed by atoms with Crippen molar-refractivity contribution in [3.05, 3.63) is 42.1 Å². The molecule has 6 nitrogen and oxygen atoms in total. The van der Waals surface area contributed by atoms with Gasteiger partial charge in [-0.2, -0.15) is 0 Å². The monoisotopic (exact) mass is 367 g/mol. The van der Waals surface area contributed by atoms with Crippen LogP contribution in [-0.4, -0.2) is 40.4 Å². The first-order valence-corrected chi connectivity index (χ1v) is 9.46. The van der Waals surface area contributed by atoms with E-state index >= 15 is 0 Å². The van der Waals surface area contributed by atoms with Gasteiger partial charge in [-0.25, -0.2) is 4.98 Å². The van der Waals surface area contributed by atoms with Crippen molar-refractivity contribution in [1.82, 2.24) is 9.38 Å². The summed E-state index contributed by atoms with van der Waals surface area (Å²) in [7, 11) is 0. The number of aryl methyl sites for hydroxylation is 1. The van der Waals surface area contributed by atoms with E-state index in [2.05, 4.69) is 22.7 Å². The fourth-order valence-electron chi connectivity index (χ4n) is 3.52. The predicted molar refractivity (Wildman–Crippen MR) is 106 cm³/mol. The number of rotatable bonds is 6. The number of phenols is 1. The Labute approximate surface area is 158 Å². The van der Waals surface area contributed by atoms with E-state index in [1.165, 1.54) is 0 Å². The highest BCUT2D eigenvalue weighted by Gasteiger charge is 2.20. The number of hydrogen-bond donors (Lipinski definition) is 2. The number of benzene rings is 1. The van der Waals surface area contributed by atoms with Crippen LogP contribution in [0.25, 0.3) is 16.9 Å². The van der Waals surface area contributed by atoms with E-state index in [4.69, 9.17) is 14.5 Å². The molecule has 0 bridgehead atoms. The molecule has 3 heterocycles. The Balaban J connectivity index is 1.77. The molecule has 142 valence electrons. The molecule has 2 N–H and O–H groups in total. The van der Waals surface area contributed by atoms with Gasteiger partial charge in [-0.1, -0.05) is 6.07 Å². The number of fused-ring (bicyclic) bond motifs is 1. The Morgan fingerprint density at radius 3 is 3.04 bits per heavy atom. The van der Waals surface area contributed by atoms with Crippen molar-refractivity contribution in [2.24, 2.45) is 0 Å². The Bertz CT molecular complexity index is 945. The minimum absolute atomic E-state index is 0.134. The van der Waals surface area contributed by atoms with Crippen LogP contribution in [0.5, 0.6) is 11.5 Å². The maximum absolute atomic E-state index is 10.0. The molecule has 2 aromatic heterocycles. The third-order valence-corrected chi connectivity index (χ3v) is 4.90. The van der Waals surface area contributed by atoms with Crippen molar-refractivity contribution >= 4 is 11.5 Å². The molecule has 1 aliphatic heterocycles. The molecule has 1 aliphatic rings. The highest BCUT2D eigenvalue weighted by molar-refractivity contribution is 5.78. The van der Waals surface area contributed by atoms with Gasteiger partial charge in [0.05, 0.1) is 12.7 Å². The van der Waals surface area contributed by atoms with Crippen LogP contribution in [0.2, 0.25) is 0 Å². The number of anilines is 1. The first-order valence-electron chi connectivity index (χ1n) is 9.46. The molecule has 6 heteroatoms. The van der Waals surface area contributed by atoms with Gasteiger partial charge in [0.25, 0.3) is 0 Å². The summed E-state index contributed by atoms with van der Waals surface area (Å²) in [6.07, 6.45) is 4.43. The Kier molecular flexibility index (Phi) is 4.90. The third-order valence-electron chi connectivity index (χ3n) is 4.90. The second-order valence-electron chi connectivity index (χ2n) is 6.83. The van der Waals surface area contributed by atoms with E-state index in [1.807, 2.05) is 31.3 Å². The summed E-state index contributed by atoms with van der Waals surface area (Å²) < 4.78 is 13.4. The Morgan fingerprint density at radius 2 is 2.26 bits per heavy atom. The number of imidazole rings is 1. The number of aromatic nitrogens is 2. The molecule has 0 aliphatic carbocycles. The van der Waals surface area contributed by atoms with Gasteiger partial charge in [-0.3, -0.25) is 4.40 Å². The molecule has 1 saturated heterocycles. The average molecular weight is 367 g/mol. The summed E-state index contributed by atoms with van der Waals surface area (Å²) in [5.41, 5.74) is 3.75. The first kappa shape index (κ1) is 17.7. The largest absolute Gasteiger partial charge is 0.504 e. The summed E-state index contributed by atoms with van der Waals surface area (Å²) in [6.45, 7) is 6.02. The van der Waals surface area contributed by atoms with Crippen LogP contribution < -0.4 is 10.1 Å². The molecule has 3 aromatic rings. The summed E-state index contributed by atoms with van der Waals surface area (Å²) in [4.78, 5) is 4.88. The van der Waals surface area contributed by atoms with E-state index in [0.717, 1.165) is 54.3 Å². The molecule has 27 heavy (non-hydrogen) atoms. The molecule has 4 rings (SSSR count). The van der Waals surface area contributed by atoms with Crippen molar-refractivity contribution in [2.45, 2.75) is 32.8 Å². The fourth-order valence-corrected chi connectivity index (χ4v) is 3.52. The molecule has 0 spiro atoms. The normalized spacial score (nSPS) is 16.7. The number of hydrogen-bond acceptors (Lipinski definition) is 5. The number of nitrogens with zero attached hydrogens (tertiary/aromatic N) is 2. The molecule has 1 fully saturated rings. The van der Waals surface area contributed by atoms with Crippen LogP contribution in [0.15, 0.2) is 36.5 Å². The molecule has 1 aromatic carbocycles. The average Bonchev–Trinajstić information content (AvgIpc) is 3.30. The first-order chi connectivity index (χ1) is 13.2. The summed E-state index contributed by atoms with van der Waals surface area (Å²) in [6, 6.07) is 9.44. The van der Waals surface area contributed by atoms with E-state index < -0.39 is 0 Å². The second kappa shape index (κ2) is 7.48. The van der Waals surface area contributed by atoms with Gasteiger partial charge in [-0.05, 0) is 56.5 Å². The molecule has 1 atom stereocenters. The van der Waals surface area contributed by atoms with Gasteiger partial charge in [-0.15, -0.1) is 0 Å². The molecular weight excluding hydrogens is 342 g/mol. The molecule has 0 radical (unpaired) electrons. The van der Waals surface area contributed by atoms with Crippen LogP contribution in [0.1, 0.15) is 25.3 Å². The van der Waals surface area contributed by atoms with E-state index in [9.17, 15) is 5.11 Å². The van der Waals surface area contributed by atoms with Crippen LogP contribution in [0.3, 0.4) is 0 Å². The van der Waals surface area contributed by atoms with Gasteiger partial charge < -0.3 is 19.9 Å². The topological polar surface area (TPSA) is 68.0 Å². The van der Waals surface area contributed by atoms with Crippen molar-refractivity contribution in [3.63, 3.8) is 0 Å². The minimum atomic E-state index is 0.134. The maximum Gasteiger partial charge on any atom is 0.161 e. The van der Waals surface area contributed by atoms with Crippen LogP contribution in [0.4, 0.5) is 5.82 Å². The second-order valence-corrected chi connectivity index (χ2v) is 6.83. The Hall–Kier alpha value is -2.73. The lowest BCUT2D eigenvalue weighted by atomic mass is 10.1. The highest BCUT2D eigenvalue weighted by Crippen LogP contribution is 2.35. The van der Waals surface area contributed by atoms with E-state index in [0.29, 0.717) is 12.4 Å². The van der Waals surface area contributed by atoms with Gasteiger partial charge in [0.2, 0.25) is 0 Å². The number of aromatic hydroxyl groups is 1. The fraction of sp³-hybridized carbons (Fsp3) is 0.381. The van der Waals surface area contributed by atoms with Crippen molar-refractivity contribution in [3.8, 4) is 22.8 Å². The molecule has 0 saturated carbocycles. The summed E-state index contributed by atoms with van der Waals surface area (Å²) in [5, 5.41) is 13.6.